The summed E-state index contributed by atoms with van der Waals surface area (Å²) in [4.78, 5) is 47.0. The monoisotopic (exact) mass is 490 g/mol. The molecule has 31 heavy (non-hydrogen) atoms. The lowest BCUT2D eigenvalue weighted by atomic mass is 10.1. The van der Waals surface area contributed by atoms with Crippen molar-refractivity contribution < 1.29 is 28.7 Å². The first-order valence-electron chi connectivity index (χ1n) is 9.53. The van der Waals surface area contributed by atoms with Crippen molar-refractivity contribution in [3.05, 3.63) is 58.1 Å². The smallest absolute Gasteiger partial charge is 0.344 e. The van der Waals surface area contributed by atoms with Crippen LogP contribution in [0.25, 0.3) is 0 Å². The second-order valence-corrected chi connectivity index (χ2v) is 7.45. The molecule has 2 aromatic carbocycles. The number of aryl methyl sites for hydroxylation is 1. The lowest BCUT2D eigenvalue weighted by Crippen LogP contribution is -2.36. The molecule has 0 fully saturated rings. The minimum Gasteiger partial charge on any atom is -0.482 e. The number of benzene rings is 2. The molecule has 0 unspecified atom stereocenters. The second-order valence-electron chi connectivity index (χ2n) is 6.53. The molecular weight excluding hydrogens is 468 g/mol. The lowest BCUT2D eigenvalue weighted by molar-refractivity contribution is -0.150. The molecule has 2 rings (SSSR count). The van der Waals surface area contributed by atoms with Gasteiger partial charge in [-0.2, -0.15) is 0 Å². The summed E-state index contributed by atoms with van der Waals surface area (Å²) in [5, 5.41) is 5.06. The van der Waals surface area contributed by atoms with Crippen LogP contribution in [0.2, 0.25) is 0 Å². The average molecular weight is 491 g/mol. The molecule has 164 valence electrons. The summed E-state index contributed by atoms with van der Waals surface area (Å²) >= 11 is 3.34. The number of Topliss-reactive ketones (excluding diaryl/α,β-unsaturated/α-hetero) is 1. The second kappa shape index (κ2) is 11.8. The van der Waals surface area contributed by atoms with Gasteiger partial charge in [0.2, 0.25) is 5.91 Å². The number of rotatable bonds is 10. The van der Waals surface area contributed by atoms with Crippen molar-refractivity contribution in [2.24, 2.45) is 0 Å². The quantitative estimate of drug-likeness (QED) is 0.391. The van der Waals surface area contributed by atoms with Crippen molar-refractivity contribution in [2.45, 2.75) is 20.3 Å². The SMILES string of the molecule is CCC(=O)c1ccc(OCC(=O)OCC(=O)NCC(=O)Nc2ccc(Br)cc2C)cc1. The molecule has 2 aromatic rings. The molecule has 0 saturated heterocycles. The Labute approximate surface area is 188 Å². The van der Waals surface area contributed by atoms with Gasteiger partial charge in [-0.15, -0.1) is 0 Å². The number of halogens is 1. The molecule has 9 heteroatoms. The molecule has 0 saturated carbocycles. The summed E-state index contributed by atoms with van der Waals surface area (Å²) < 4.78 is 11.0. The molecule has 0 bridgehead atoms. The van der Waals surface area contributed by atoms with E-state index in [0.717, 1.165) is 10.0 Å². The first-order chi connectivity index (χ1) is 14.8. The summed E-state index contributed by atoms with van der Waals surface area (Å²) in [5.41, 5.74) is 2.07. The largest absolute Gasteiger partial charge is 0.482 e. The van der Waals surface area contributed by atoms with Gasteiger partial charge in [-0.1, -0.05) is 22.9 Å². The molecule has 2 N–H and O–H groups in total. The zero-order chi connectivity index (χ0) is 22.8. The van der Waals surface area contributed by atoms with Gasteiger partial charge in [0.15, 0.2) is 19.0 Å². The van der Waals surface area contributed by atoms with E-state index >= 15 is 0 Å². The maximum absolute atomic E-state index is 12.0. The lowest BCUT2D eigenvalue weighted by Gasteiger charge is -2.10. The fourth-order valence-electron chi connectivity index (χ4n) is 2.46. The highest BCUT2D eigenvalue weighted by atomic mass is 79.9. The highest BCUT2D eigenvalue weighted by Crippen LogP contribution is 2.19. The predicted octanol–water partition coefficient (Wildman–Crippen LogP) is 3.03. The van der Waals surface area contributed by atoms with E-state index in [1.807, 2.05) is 13.0 Å². The van der Waals surface area contributed by atoms with Gasteiger partial charge < -0.3 is 20.1 Å². The number of nitrogens with one attached hydrogen (secondary N) is 2. The van der Waals surface area contributed by atoms with E-state index < -0.39 is 31.0 Å². The van der Waals surface area contributed by atoms with Crippen LogP contribution < -0.4 is 15.4 Å². The fourth-order valence-corrected chi connectivity index (χ4v) is 2.94. The zero-order valence-electron chi connectivity index (χ0n) is 17.2. The number of carbonyl (C=O) groups excluding carboxylic acids is 4. The minimum absolute atomic E-state index is 0.0117. The van der Waals surface area contributed by atoms with Crippen LogP contribution in [-0.2, 0) is 19.1 Å². The number of esters is 1. The van der Waals surface area contributed by atoms with Gasteiger partial charge in [0, 0.05) is 22.1 Å². The third kappa shape index (κ3) is 8.21. The number of hydrogen-bond donors (Lipinski definition) is 2. The number of ether oxygens (including phenoxy) is 2. The predicted molar refractivity (Wildman–Crippen MR) is 118 cm³/mol. The Hall–Kier alpha value is -3.20. The Morgan fingerprint density at radius 1 is 0.968 bits per heavy atom. The van der Waals surface area contributed by atoms with Gasteiger partial charge >= 0.3 is 5.97 Å². The van der Waals surface area contributed by atoms with Crippen LogP contribution in [0.3, 0.4) is 0 Å². The van der Waals surface area contributed by atoms with E-state index in [1.165, 1.54) is 0 Å². The first kappa shape index (κ1) is 24.1. The Bertz CT molecular complexity index is 959. The fraction of sp³-hybridized carbons (Fsp3) is 0.273. The Morgan fingerprint density at radius 2 is 1.68 bits per heavy atom. The van der Waals surface area contributed by atoms with Crippen LogP contribution in [-0.4, -0.2) is 43.3 Å². The summed E-state index contributed by atoms with van der Waals surface area (Å²) in [6.45, 7) is 2.44. The highest BCUT2D eigenvalue weighted by molar-refractivity contribution is 9.10. The Balaban J connectivity index is 1.66. The normalized spacial score (nSPS) is 10.2. The zero-order valence-corrected chi connectivity index (χ0v) is 18.8. The van der Waals surface area contributed by atoms with Crippen molar-refractivity contribution in [3.63, 3.8) is 0 Å². The molecule has 8 nitrogen and oxygen atoms in total. The van der Waals surface area contributed by atoms with E-state index in [2.05, 4.69) is 26.6 Å². The molecular formula is C22H23BrN2O6. The van der Waals surface area contributed by atoms with Gasteiger partial charge in [0.25, 0.3) is 5.91 Å². The summed E-state index contributed by atoms with van der Waals surface area (Å²) in [6.07, 6.45) is 0.403. The third-order valence-electron chi connectivity index (χ3n) is 4.13. The van der Waals surface area contributed by atoms with Crippen LogP contribution in [0.4, 0.5) is 5.69 Å². The molecule has 0 aliphatic rings. The molecule has 0 radical (unpaired) electrons. The van der Waals surface area contributed by atoms with Gasteiger partial charge in [-0.25, -0.2) is 4.79 Å². The summed E-state index contributed by atoms with van der Waals surface area (Å²) in [7, 11) is 0. The van der Waals surface area contributed by atoms with E-state index in [1.54, 1.807) is 43.3 Å². The molecule has 0 atom stereocenters. The molecule has 0 aliphatic carbocycles. The van der Waals surface area contributed by atoms with Crippen LogP contribution in [0.1, 0.15) is 29.3 Å². The Morgan fingerprint density at radius 3 is 2.32 bits per heavy atom. The van der Waals surface area contributed by atoms with Crippen LogP contribution >= 0.6 is 15.9 Å². The van der Waals surface area contributed by atoms with Crippen molar-refractivity contribution in [1.29, 1.82) is 0 Å². The van der Waals surface area contributed by atoms with E-state index in [-0.39, 0.29) is 12.3 Å². The number of amides is 2. The van der Waals surface area contributed by atoms with E-state index in [4.69, 9.17) is 9.47 Å². The van der Waals surface area contributed by atoms with Gasteiger partial charge in [0.1, 0.15) is 5.75 Å². The molecule has 0 heterocycles. The number of ketones is 1. The van der Waals surface area contributed by atoms with Crippen LogP contribution in [0.5, 0.6) is 5.75 Å². The van der Waals surface area contributed by atoms with Gasteiger partial charge in [-0.05, 0) is 55.0 Å². The molecule has 2 amide bonds. The maximum atomic E-state index is 12.0. The van der Waals surface area contributed by atoms with Gasteiger partial charge in [0.05, 0.1) is 6.54 Å². The van der Waals surface area contributed by atoms with Gasteiger partial charge in [-0.3, -0.25) is 14.4 Å². The standard InChI is InChI=1S/C22H23BrN2O6/c1-3-19(26)15-4-7-17(8-5-15)30-13-22(29)31-12-21(28)24-11-20(27)25-18-9-6-16(23)10-14(18)2/h4-10H,3,11-13H2,1-2H3,(H,24,28)(H,25,27). The topological polar surface area (TPSA) is 111 Å². The number of hydrogen-bond acceptors (Lipinski definition) is 6. The number of anilines is 1. The minimum atomic E-state index is -0.737. The maximum Gasteiger partial charge on any atom is 0.344 e. The molecule has 0 aromatic heterocycles. The van der Waals surface area contributed by atoms with Crippen molar-refractivity contribution >= 4 is 45.2 Å². The van der Waals surface area contributed by atoms with Crippen LogP contribution in [0, 0.1) is 6.92 Å². The highest BCUT2D eigenvalue weighted by Gasteiger charge is 2.11. The average Bonchev–Trinajstić information content (AvgIpc) is 2.76. The summed E-state index contributed by atoms with van der Waals surface area (Å²) in [6, 6.07) is 11.8. The molecule has 0 spiro atoms. The first-order valence-corrected chi connectivity index (χ1v) is 10.3. The van der Waals surface area contributed by atoms with E-state index in [9.17, 15) is 19.2 Å². The Kier molecular flexibility index (Phi) is 9.20. The molecule has 0 aliphatic heterocycles. The third-order valence-corrected chi connectivity index (χ3v) is 4.62. The van der Waals surface area contributed by atoms with E-state index in [0.29, 0.717) is 23.4 Å². The van der Waals surface area contributed by atoms with Crippen molar-refractivity contribution in [1.82, 2.24) is 5.32 Å². The summed E-state index contributed by atoms with van der Waals surface area (Å²) in [5.74, 6) is -1.35. The van der Waals surface area contributed by atoms with Crippen molar-refractivity contribution in [3.8, 4) is 5.75 Å². The van der Waals surface area contributed by atoms with Crippen LogP contribution in [0.15, 0.2) is 46.9 Å². The van der Waals surface area contributed by atoms with Crippen molar-refractivity contribution in [2.75, 3.05) is 25.1 Å². The number of carbonyl (C=O) groups is 4.